The minimum absolute atomic E-state index is 0.0289. The molecule has 0 N–H and O–H groups in total. The lowest BCUT2D eigenvalue weighted by Crippen LogP contribution is -2.01. The lowest BCUT2D eigenvalue weighted by atomic mass is 9.85. The van der Waals surface area contributed by atoms with Crippen molar-refractivity contribution in [1.82, 2.24) is 14.6 Å². The van der Waals surface area contributed by atoms with Crippen molar-refractivity contribution in [3.63, 3.8) is 0 Å². The molecule has 0 spiro atoms. The predicted molar refractivity (Wildman–Crippen MR) is 118 cm³/mol. The van der Waals surface area contributed by atoms with Crippen LogP contribution in [0.4, 0.5) is 10.1 Å². The number of nitrogens with zero attached hydrogens (tertiary/aromatic N) is 4. The van der Waals surface area contributed by atoms with Gasteiger partial charge in [0.2, 0.25) is 5.69 Å². The second-order valence-corrected chi connectivity index (χ2v) is 8.02. The number of fused-ring (bicyclic) bond motifs is 1. The predicted octanol–water partition coefficient (Wildman–Crippen LogP) is 7.00. The Bertz CT molecular complexity index is 1250. The summed E-state index contributed by atoms with van der Waals surface area (Å²) in [5.41, 5.74) is 6.12. The standard InChI is InChI=1S/C25H23FN4/c1-15(2)18-8-6-9-19(16(3)4)23(18)20-10-7-13-30-25(20)28-24(29-30)17-11-12-21(26)22(14-17)27-5/h6-16H,1-4H3. The first-order valence-electron chi connectivity index (χ1n) is 10.1. The van der Waals surface area contributed by atoms with Gasteiger partial charge < -0.3 is 0 Å². The lowest BCUT2D eigenvalue weighted by molar-refractivity contribution is 0.634. The Morgan fingerprint density at radius 3 is 2.30 bits per heavy atom. The molecule has 2 aromatic carbocycles. The van der Waals surface area contributed by atoms with Gasteiger partial charge in [-0.05, 0) is 52.8 Å². The van der Waals surface area contributed by atoms with E-state index >= 15 is 0 Å². The van der Waals surface area contributed by atoms with E-state index in [1.54, 1.807) is 10.6 Å². The molecule has 4 nitrogen and oxygen atoms in total. The molecule has 0 aliphatic heterocycles. The van der Waals surface area contributed by atoms with Crippen LogP contribution in [0.3, 0.4) is 0 Å². The van der Waals surface area contributed by atoms with Crippen LogP contribution in [0.25, 0.3) is 33.0 Å². The molecule has 0 saturated carbocycles. The van der Waals surface area contributed by atoms with E-state index in [2.05, 4.69) is 61.9 Å². The van der Waals surface area contributed by atoms with Gasteiger partial charge in [-0.3, -0.25) is 0 Å². The van der Waals surface area contributed by atoms with Crippen molar-refractivity contribution in [2.24, 2.45) is 0 Å². The summed E-state index contributed by atoms with van der Waals surface area (Å²) in [7, 11) is 0. The second-order valence-electron chi connectivity index (χ2n) is 8.02. The molecule has 4 rings (SSSR count). The van der Waals surface area contributed by atoms with Gasteiger partial charge in [0.15, 0.2) is 11.5 Å². The molecular weight excluding hydrogens is 375 g/mol. The van der Waals surface area contributed by atoms with Crippen molar-refractivity contribution in [3.8, 4) is 22.5 Å². The number of benzene rings is 2. The van der Waals surface area contributed by atoms with Gasteiger partial charge in [0.25, 0.3) is 0 Å². The Kier molecular flexibility index (Phi) is 5.09. The summed E-state index contributed by atoms with van der Waals surface area (Å²) in [6.07, 6.45) is 1.86. The van der Waals surface area contributed by atoms with Crippen LogP contribution >= 0.6 is 0 Å². The van der Waals surface area contributed by atoms with Gasteiger partial charge in [0.05, 0.1) is 6.57 Å². The summed E-state index contributed by atoms with van der Waals surface area (Å²) < 4.78 is 15.5. The topological polar surface area (TPSA) is 34.5 Å². The van der Waals surface area contributed by atoms with E-state index < -0.39 is 5.82 Å². The molecule has 2 aromatic heterocycles. The van der Waals surface area contributed by atoms with Crippen LogP contribution < -0.4 is 0 Å². The largest absolute Gasteiger partial charge is 0.235 e. The first-order valence-corrected chi connectivity index (χ1v) is 10.1. The van der Waals surface area contributed by atoms with Gasteiger partial charge in [-0.15, -0.1) is 5.10 Å². The van der Waals surface area contributed by atoms with E-state index in [1.165, 1.54) is 28.8 Å². The molecule has 0 radical (unpaired) electrons. The SMILES string of the molecule is [C-]#[N+]c1cc(-c2nc3c(-c4c(C(C)C)cccc4C(C)C)cccn3n2)ccc1F. The Labute approximate surface area is 175 Å². The van der Waals surface area contributed by atoms with Crippen molar-refractivity contribution in [2.45, 2.75) is 39.5 Å². The number of pyridine rings is 1. The zero-order chi connectivity index (χ0) is 21.4. The van der Waals surface area contributed by atoms with E-state index in [9.17, 15) is 4.39 Å². The lowest BCUT2D eigenvalue weighted by Gasteiger charge is -2.20. The van der Waals surface area contributed by atoms with Crippen LogP contribution in [-0.2, 0) is 0 Å². The summed E-state index contributed by atoms with van der Waals surface area (Å²) in [5.74, 6) is 0.658. The fourth-order valence-electron chi connectivity index (χ4n) is 3.82. The molecule has 150 valence electrons. The summed E-state index contributed by atoms with van der Waals surface area (Å²) in [6.45, 7) is 16.0. The molecule has 0 amide bonds. The quantitative estimate of drug-likeness (QED) is 0.347. The van der Waals surface area contributed by atoms with E-state index in [4.69, 9.17) is 11.6 Å². The maximum Gasteiger partial charge on any atom is 0.222 e. The monoisotopic (exact) mass is 398 g/mol. The molecule has 0 fully saturated rings. The molecule has 0 aliphatic rings. The molecule has 4 aromatic rings. The molecule has 2 heterocycles. The summed E-state index contributed by atoms with van der Waals surface area (Å²) in [5, 5.41) is 4.60. The van der Waals surface area contributed by atoms with Crippen molar-refractivity contribution in [3.05, 3.63) is 83.1 Å². The Morgan fingerprint density at radius 2 is 1.67 bits per heavy atom. The van der Waals surface area contributed by atoms with Gasteiger partial charge in [0.1, 0.15) is 5.82 Å². The highest BCUT2D eigenvalue weighted by atomic mass is 19.1. The van der Waals surface area contributed by atoms with Crippen LogP contribution in [0.2, 0.25) is 0 Å². The van der Waals surface area contributed by atoms with Crippen molar-refractivity contribution >= 4 is 11.3 Å². The van der Waals surface area contributed by atoms with Crippen molar-refractivity contribution in [1.29, 1.82) is 0 Å². The second kappa shape index (κ2) is 7.72. The third kappa shape index (κ3) is 3.35. The smallest absolute Gasteiger partial charge is 0.222 e. The number of halogens is 1. The van der Waals surface area contributed by atoms with Crippen LogP contribution in [0, 0.1) is 12.4 Å². The molecule has 5 heteroatoms. The molecule has 30 heavy (non-hydrogen) atoms. The van der Waals surface area contributed by atoms with Crippen LogP contribution in [0.5, 0.6) is 0 Å². The van der Waals surface area contributed by atoms with Gasteiger partial charge in [-0.1, -0.05) is 52.0 Å². The number of aromatic nitrogens is 3. The van der Waals surface area contributed by atoms with E-state index in [0.717, 1.165) is 11.2 Å². The van der Waals surface area contributed by atoms with Crippen LogP contribution in [0.15, 0.2) is 54.7 Å². The fourth-order valence-corrected chi connectivity index (χ4v) is 3.82. The molecule has 0 bridgehead atoms. The Morgan fingerprint density at radius 1 is 0.967 bits per heavy atom. The van der Waals surface area contributed by atoms with E-state index in [1.807, 2.05) is 12.3 Å². The van der Waals surface area contributed by atoms with Gasteiger partial charge in [-0.2, -0.15) is 0 Å². The molecule has 0 unspecified atom stereocenters. The van der Waals surface area contributed by atoms with E-state index in [-0.39, 0.29) is 5.69 Å². The number of hydrogen-bond donors (Lipinski definition) is 0. The highest BCUT2D eigenvalue weighted by molar-refractivity contribution is 5.83. The minimum Gasteiger partial charge on any atom is -0.235 e. The maximum atomic E-state index is 13.8. The zero-order valence-corrected chi connectivity index (χ0v) is 17.5. The van der Waals surface area contributed by atoms with Gasteiger partial charge in [0, 0.05) is 17.3 Å². The molecular formula is C25H23FN4. The fraction of sp³-hybridized carbons (Fsp3) is 0.240. The van der Waals surface area contributed by atoms with Gasteiger partial charge in [-0.25, -0.2) is 18.7 Å². The first kappa shape index (κ1) is 19.8. The number of hydrogen-bond acceptors (Lipinski definition) is 2. The first-order chi connectivity index (χ1) is 14.4. The Hall–Kier alpha value is -3.52. The van der Waals surface area contributed by atoms with E-state index in [0.29, 0.717) is 23.2 Å². The average Bonchev–Trinajstić information content (AvgIpc) is 3.17. The summed E-state index contributed by atoms with van der Waals surface area (Å²) >= 11 is 0. The zero-order valence-electron chi connectivity index (χ0n) is 17.5. The van der Waals surface area contributed by atoms with Crippen molar-refractivity contribution in [2.75, 3.05) is 0 Å². The third-order valence-corrected chi connectivity index (χ3v) is 5.33. The minimum atomic E-state index is -0.536. The molecule has 0 atom stereocenters. The maximum absolute atomic E-state index is 13.8. The molecule has 0 saturated heterocycles. The third-order valence-electron chi connectivity index (χ3n) is 5.33. The average molecular weight is 398 g/mol. The van der Waals surface area contributed by atoms with Gasteiger partial charge >= 0.3 is 0 Å². The normalized spacial score (nSPS) is 11.4. The Balaban J connectivity index is 1.97. The van der Waals surface area contributed by atoms with Crippen LogP contribution in [0.1, 0.15) is 50.7 Å². The molecule has 0 aliphatic carbocycles. The van der Waals surface area contributed by atoms with Crippen molar-refractivity contribution < 1.29 is 4.39 Å². The summed E-state index contributed by atoms with van der Waals surface area (Å²) in [6, 6.07) is 14.9. The highest BCUT2D eigenvalue weighted by Gasteiger charge is 2.19. The van der Waals surface area contributed by atoms with Crippen LogP contribution in [-0.4, -0.2) is 14.6 Å². The highest BCUT2D eigenvalue weighted by Crippen LogP contribution is 2.38. The summed E-state index contributed by atoms with van der Waals surface area (Å²) in [4.78, 5) is 8.04. The number of rotatable bonds is 4.